The molecule has 15 heavy (non-hydrogen) atoms. The highest BCUT2D eigenvalue weighted by molar-refractivity contribution is 6.69. The average Bonchev–Trinajstić information content (AvgIpc) is 2.30. The van der Waals surface area contributed by atoms with E-state index in [1.807, 2.05) is 12.3 Å². The van der Waals surface area contributed by atoms with Crippen LogP contribution in [-0.2, 0) is 0 Å². The second-order valence-electron chi connectivity index (χ2n) is 3.99. The summed E-state index contributed by atoms with van der Waals surface area (Å²) < 4.78 is 0. The second kappa shape index (κ2) is 4.40. The summed E-state index contributed by atoms with van der Waals surface area (Å²) in [6.07, 6.45) is 1.92. The third-order valence-corrected chi connectivity index (χ3v) is 3.98. The van der Waals surface area contributed by atoms with E-state index >= 15 is 0 Å². The lowest BCUT2D eigenvalue weighted by Crippen LogP contribution is -2.25. The Morgan fingerprint density at radius 1 is 0.933 bits per heavy atom. The topological polar surface area (TPSA) is 12.9 Å². The molecule has 0 radical (unpaired) electrons. The number of nitrogens with zero attached hydrogens (tertiary/aromatic N) is 1. The summed E-state index contributed by atoms with van der Waals surface area (Å²) in [6, 6.07) is 14.8. The Morgan fingerprint density at radius 3 is 2.33 bits per heavy atom. The fourth-order valence-corrected chi connectivity index (χ4v) is 2.47. The van der Waals surface area contributed by atoms with E-state index in [2.05, 4.69) is 54.5 Å². The highest BCUT2D eigenvalue weighted by Gasteiger charge is 2.03. The van der Waals surface area contributed by atoms with Crippen LogP contribution in [0.2, 0.25) is 13.1 Å². The lowest BCUT2D eigenvalue weighted by molar-refractivity contribution is 1.37. The number of rotatable bonds is 2. The van der Waals surface area contributed by atoms with Crippen molar-refractivity contribution in [1.82, 2.24) is 4.98 Å². The molecular formula is C13H15NSi. The minimum Gasteiger partial charge on any atom is -0.266 e. The molecule has 0 aliphatic carbocycles. The molecule has 1 aromatic carbocycles. The molecule has 2 heteroatoms. The molecule has 0 bridgehead atoms. The smallest absolute Gasteiger partial charge is 0.0884 e. The molecule has 0 spiro atoms. The number of hydrogen-bond donors (Lipinski definition) is 0. The molecule has 76 valence electrons. The fraction of sp³-hybridized carbons (Fsp3) is 0.154. The molecule has 1 nitrogen and oxygen atoms in total. The van der Waals surface area contributed by atoms with Crippen molar-refractivity contribution in [3.8, 4) is 11.1 Å². The van der Waals surface area contributed by atoms with Gasteiger partial charge in [-0.05, 0) is 23.3 Å². The largest absolute Gasteiger partial charge is 0.266 e. The first-order valence-corrected chi connectivity index (χ1v) is 8.17. The van der Waals surface area contributed by atoms with Crippen LogP contribution in [0.15, 0.2) is 48.7 Å². The van der Waals surface area contributed by atoms with Crippen molar-refractivity contribution in [3.05, 3.63) is 48.7 Å². The van der Waals surface area contributed by atoms with E-state index in [0.29, 0.717) is 0 Å². The molecule has 0 unspecified atom stereocenters. The Kier molecular flexibility index (Phi) is 2.97. The first-order valence-electron chi connectivity index (χ1n) is 5.29. The summed E-state index contributed by atoms with van der Waals surface area (Å²) in [5.74, 6) is 0. The van der Waals surface area contributed by atoms with Gasteiger partial charge in [0.15, 0.2) is 0 Å². The van der Waals surface area contributed by atoms with E-state index < -0.39 is 8.80 Å². The van der Waals surface area contributed by atoms with Crippen molar-refractivity contribution in [2.75, 3.05) is 0 Å². The molecule has 0 saturated carbocycles. The van der Waals surface area contributed by atoms with E-state index in [1.165, 1.54) is 16.4 Å². The number of pyridine rings is 1. The van der Waals surface area contributed by atoms with Crippen molar-refractivity contribution >= 4 is 14.1 Å². The van der Waals surface area contributed by atoms with Crippen LogP contribution in [0.5, 0.6) is 0 Å². The molecule has 1 heterocycles. The molecule has 0 aliphatic rings. The summed E-state index contributed by atoms with van der Waals surface area (Å²) in [5.41, 5.74) is 2.55. The first-order chi connectivity index (χ1) is 7.27. The van der Waals surface area contributed by atoms with Gasteiger partial charge in [-0.3, -0.25) is 4.98 Å². The first kappa shape index (κ1) is 10.1. The molecule has 0 amide bonds. The van der Waals surface area contributed by atoms with E-state index in [4.69, 9.17) is 0 Å². The van der Waals surface area contributed by atoms with Crippen LogP contribution in [0.4, 0.5) is 0 Å². The van der Waals surface area contributed by atoms with Crippen molar-refractivity contribution in [1.29, 1.82) is 0 Å². The Balaban J connectivity index is 2.42. The predicted molar refractivity (Wildman–Crippen MR) is 68.2 cm³/mol. The quantitative estimate of drug-likeness (QED) is 0.698. The van der Waals surface area contributed by atoms with Crippen LogP contribution < -0.4 is 5.32 Å². The minimum atomic E-state index is -0.792. The molecular weight excluding hydrogens is 198 g/mol. The Bertz CT molecular complexity index is 437. The highest BCUT2D eigenvalue weighted by Crippen LogP contribution is 2.16. The minimum absolute atomic E-state index is 0.792. The van der Waals surface area contributed by atoms with Gasteiger partial charge in [-0.15, -0.1) is 0 Å². The molecule has 2 aromatic rings. The normalized spacial score (nSPS) is 10.6. The van der Waals surface area contributed by atoms with Gasteiger partial charge in [-0.1, -0.05) is 43.4 Å². The van der Waals surface area contributed by atoms with Crippen LogP contribution in [0, 0.1) is 0 Å². The van der Waals surface area contributed by atoms with Crippen LogP contribution in [-0.4, -0.2) is 13.8 Å². The van der Waals surface area contributed by atoms with Crippen LogP contribution in [0.3, 0.4) is 0 Å². The SMILES string of the molecule is C[SiH](C)c1cc(-c2ccccc2)ccn1. The predicted octanol–water partition coefficient (Wildman–Crippen LogP) is 2.44. The Hall–Kier alpha value is -1.41. The number of benzene rings is 1. The third-order valence-electron chi connectivity index (χ3n) is 2.48. The molecule has 1 aromatic heterocycles. The fourth-order valence-electron chi connectivity index (χ4n) is 1.57. The van der Waals surface area contributed by atoms with Crippen LogP contribution >= 0.6 is 0 Å². The molecule has 0 aliphatic heterocycles. The molecule has 0 N–H and O–H groups in total. The molecule has 0 atom stereocenters. The zero-order chi connectivity index (χ0) is 10.7. The van der Waals surface area contributed by atoms with Gasteiger partial charge in [0.25, 0.3) is 0 Å². The maximum atomic E-state index is 4.43. The monoisotopic (exact) mass is 213 g/mol. The van der Waals surface area contributed by atoms with Gasteiger partial charge in [-0.25, -0.2) is 0 Å². The van der Waals surface area contributed by atoms with Gasteiger partial charge < -0.3 is 0 Å². The van der Waals surface area contributed by atoms with Gasteiger partial charge in [0.2, 0.25) is 0 Å². The zero-order valence-electron chi connectivity index (χ0n) is 9.14. The van der Waals surface area contributed by atoms with E-state index in [9.17, 15) is 0 Å². The van der Waals surface area contributed by atoms with Gasteiger partial charge in [0.1, 0.15) is 0 Å². The summed E-state index contributed by atoms with van der Waals surface area (Å²) in [4.78, 5) is 4.43. The van der Waals surface area contributed by atoms with E-state index in [0.717, 1.165) is 0 Å². The number of aromatic nitrogens is 1. The molecule has 0 fully saturated rings. The maximum Gasteiger partial charge on any atom is 0.0884 e. The van der Waals surface area contributed by atoms with Gasteiger partial charge in [0.05, 0.1) is 8.80 Å². The molecule has 2 rings (SSSR count). The third kappa shape index (κ3) is 2.33. The van der Waals surface area contributed by atoms with Crippen molar-refractivity contribution in [2.45, 2.75) is 13.1 Å². The summed E-state index contributed by atoms with van der Waals surface area (Å²) in [5, 5.41) is 1.29. The van der Waals surface area contributed by atoms with Crippen LogP contribution in [0.1, 0.15) is 0 Å². The van der Waals surface area contributed by atoms with Crippen molar-refractivity contribution < 1.29 is 0 Å². The Morgan fingerprint density at radius 2 is 1.67 bits per heavy atom. The lowest BCUT2D eigenvalue weighted by atomic mass is 10.1. The highest BCUT2D eigenvalue weighted by atomic mass is 28.3. The Labute approximate surface area is 92.4 Å². The van der Waals surface area contributed by atoms with E-state index in [1.54, 1.807) is 0 Å². The lowest BCUT2D eigenvalue weighted by Gasteiger charge is -2.06. The van der Waals surface area contributed by atoms with Gasteiger partial charge >= 0.3 is 0 Å². The number of hydrogen-bond acceptors (Lipinski definition) is 1. The van der Waals surface area contributed by atoms with Gasteiger partial charge in [0, 0.05) is 11.5 Å². The summed E-state index contributed by atoms with van der Waals surface area (Å²) in [7, 11) is -0.792. The standard InChI is InChI=1S/C13H15NSi/c1-15(2)13-10-12(8-9-14-13)11-6-4-3-5-7-11/h3-10,15H,1-2H3. The molecule has 0 saturated heterocycles. The summed E-state index contributed by atoms with van der Waals surface area (Å²) in [6.45, 7) is 4.61. The van der Waals surface area contributed by atoms with Gasteiger partial charge in [-0.2, -0.15) is 0 Å². The average molecular weight is 213 g/mol. The van der Waals surface area contributed by atoms with Crippen molar-refractivity contribution in [2.24, 2.45) is 0 Å². The van der Waals surface area contributed by atoms with Crippen molar-refractivity contribution in [3.63, 3.8) is 0 Å². The van der Waals surface area contributed by atoms with E-state index in [-0.39, 0.29) is 0 Å². The summed E-state index contributed by atoms with van der Waals surface area (Å²) >= 11 is 0. The zero-order valence-corrected chi connectivity index (χ0v) is 10.3. The second-order valence-corrected chi connectivity index (χ2v) is 6.89. The maximum absolute atomic E-state index is 4.43. The van der Waals surface area contributed by atoms with Crippen LogP contribution in [0.25, 0.3) is 11.1 Å².